The molecular formula is C10H15N3O2. The van der Waals surface area contributed by atoms with E-state index in [1.54, 1.807) is 4.68 Å². The number of nitrogens with zero attached hydrogens (tertiary/aromatic N) is 3. The van der Waals surface area contributed by atoms with Crippen molar-refractivity contribution in [2.24, 2.45) is 18.9 Å². The summed E-state index contributed by atoms with van der Waals surface area (Å²) in [7, 11) is 1.82. The molecule has 2 atom stereocenters. The van der Waals surface area contributed by atoms with Crippen LogP contribution in [-0.2, 0) is 18.3 Å². The molecule has 1 heterocycles. The van der Waals surface area contributed by atoms with Gasteiger partial charge in [-0.1, -0.05) is 11.6 Å². The highest BCUT2D eigenvalue weighted by Gasteiger charge is 2.33. The normalized spacial score (nSPS) is 25.7. The molecule has 2 rings (SSSR count). The first-order chi connectivity index (χ1) is 7.16. The number of aryl methyl sites for hydroxylation is 1. The van der Waals surface area contributed by atoms with Gasteiger partial charge in [0.05, 0.1) is 11.6 Å². The van der Waals surface area contributed by atoms with Crippen molar-refractivity contribution < 1.29 is 9.90 Å². The third kappa shape index (κ3) is 2.16. The Morgan fingerprint density at radius 1 is 1.67 bits per heavy atom. The predicted molar refractivity (Wildman–Crippen MR) is 53.2 cm³/mol. The van der Waals surface area contributed by atoms with Crippen LogP contribution in [0.3, 0.4) is 0 Å². The molecule has 1 saturated carbocycles. The SMILES string of the molecule is Cn1cc(CC2CCCC2C(=O)O)nn1. The van der Waals surface area contributed by atoms with E-state index in [1.807, 2.05) is 13.2 Å². The highest BCUT2D eigenvalue weighted by Crippen LogP contribution is 2.33. The Kier molecular flexibility index (Phi) is 2.70. The van der Waals surface area contributed by atoms with E-state index in [0.717, 1.165) is 31.4 Å². The van der Waals surface area contributed by atoms with Gasteiger partial charge in [0.1, 0.15) is 0 Å². The third-order valence-electron chi connectivity index (χ3n) is 3.10. The van der Waals surface area contributed by atoms with Crippen molar-refractivity contribution in [3.63, 3.8) is 0 Å². The summed E-state index contributed by atoms with van der Waals surface area (Å²) in [6.07, 6.45) is 5.41. The van der Waals surface area contributed by atoms with Crippen LogP contribution >= 0.6 is 0 Å². The fraction of sp³-hybridized carbons (Fsp3) is 0.700. The topological polar surface area (TPSA) is 68.0 Å². The monoisotopic (exact) mass is 209 g/mol. The molecule has 0 radical (unpaired) electrons. The van der Waals surface area contributed by atoms with E-state index in [0.29, 0.717) is 0 Å². The standard InChI is InChI=1S/C10H15N3O2/c1-13-6-8(11-12-13)5-7-3-2-4-9(7)10(14)15/h6-7,9H,2-5H2,1H3,(H,14,15). The molecule has 0 amide bonds. The zero-order chi connectivity index (χ0) is 10.8. The predicted octanol–water partition coefficient (Wildman–Crippen LogP) is 0.858. The summed E-state index contributed by atoms with van der Waals surface area (Å²) >= 11 is 0. The molecule has 2 unspecified atom stereocenters. The molecule has 5 nitrogen and oxygen atoms in total. The number of carboxylic acids is 1. The average Bonchev–Trinajstić information content (AvgIpc) is 2.75. The molecule has 15 heavy (non-hydrogen) atoms. The van der Waals surface area contributed by atoms with Crippen LogP contribution in [-0.4, -0.2) is 26.1 Å². The second kappa shape index (κ2) is 4.00. The lowest BCUT2D eigenvalue weighted by Crippen LogP contribution is -2.20. The Morgan fingerprint density at radius 2 is 2.47 bits per heavy atom. The van der Waals surface area contributed by atoms with Crippen LogP contribution in [0.2, 0.25) is 0 Å². The minimum absolute atomic E-state index is 0.188. The van der Waals surface area contributed by atoms with E-state index in [1.165, 1.54) is 0 Å². The van der Waals surface area contributed by atoms with Gasteiger partial charge in [-0.05, 0) is 25.2 Å². The molecule has 1 aliphatic carbocycles. The Bertz CT molecular complexity index is 361. The van der Waals surface area contributed by atoms with E-state index >= 15 is 0 Å². The summed E-state index contributed by atoms with van der Waals surface area (Å²) in [4.78, 5) is 11.0. The molecule has 1 fully saturated rings. The maximum atomic E-state index is 11.0. The average molecular weight is 209 g/mol. The number of aromatic nitrogens is 3. The number of carbonyl (C=O) groups is 1. The number of carboxylic acid groups (broad SMARTS) is 1. The fourth-order valence-electron chi connectivity index (χ4n) is 2.36. The lowest BCUT2D eigenvalue weighted by molar-refractivity contribution is -0.142. The highest BCUT2D eigenvalue weighted by atomic mass is 16.4. The lowest BCUT2D eigenvalue weighted by Gasteiger charge is -2.13. The zero-order valence-electron chi connectivity index (χ0n) is 8.76. The molecule has 0 aliphatic heterocycles. The van der Waals surface area contributed by atoms with Crippen LogP contribution in [0.25, 0.3) is 0 Å². The first-order valence-electron chi connectivity index (χ1n) is 5.25. The molecule has 0 aromatic carbocycles. The molecule has 1 aromatic heterocycles. The van der Waals surface area contributed by atoms with Crippen molar-refractivity contribution in [2.75, 3.05) is 0 Å². The molecule has 0 spiro atoms. The van der Waals surface area contributed by atoms with Crippen LogP contribution < -0.4 is 0 Å². The molecule has 0 bridgehead atoms. The maximum absolute atomic E-state index is 11.0. The zero-order valence-corrected chi connectivity index (χ0v) is 8.76. The Morgan fingerprint density at radius 3 is 3.07 bits per heavy atom. The summed E-state index contributed by atoms with van der Waals surface area (Å²) in [6, 6.07) is 0. The molecule has 1 N–H and O–H groups in total. The third-order valence-corrected chi connectivity index (χ3v) is 3.10. The summed E-state index contributed by atoms with van der Waals surface area (Å²) in [5.74, 6) is -0.618. The van der Waals surface area contributed by atoms with Crippen molar-refractivity contribution >= 4 is 5.97 Å². The Labute approximate surface area is 88.1 Å². The first kappa shape index (κ1) is 10.1. The Balaban J connectivity index is 2.02. The number of hydrogen-bond acceptors (Lipinski definition) is 3. The minimum atomic E-state index is -0.665. The lowest BCUT2D eigenvalue weighted by atomic mass is 9.92. The second-order valence-corrected chi connectivity index (χ2v) is 4.22. The van der Waals surface area contributed by atoms with E-state index in [4.69, 9.17) is 5.11 Å². The van der Waals surface area contributed by atoms with Gasteiger partial charge in [-0.15, -0.1) is 5.10 Å². The van der Waals surface area contributed by atoms with Crippen molar-refractivity contribution in [1.29, 1.82) is 0 Å². The summed E-state index contributed by atoms with van der Waals surface area (Å²) in [5, 5.41) is 16.9. The summed E-state index contributed by atoms with van der Waals surface area (Å²) in [5.41, 5.74) is 0.899. The molecular weight excluding hydrogens is 194 g/mol. The summed E-state index contributed by atoms with van der Waals surface area (Å²) in [6.45, 7) is 0. The van der Waals surface area contributed by atoms with Gasteiger partial charge in [-0.3, -0.25) is 9.48 Å². The van der Waals surface area contributed by atoms with Gasteiger partial charge in [0, 0.05) is 13.2 Å². The smallest absolute Gasteiger partial charge is 0.306 e. The van der Waals surface area contributed by atoms with E-state index in [-0.39, 0.29) is 11.8 Å². The van der Waals surface area contributed by atoms with Crippen LogP contribution in [0.1, 0.15) is 25.0 Å². The van der Waals surface area contributed by atoms with Gasteiger partial charge in [-0.25, -0.2) is 0 Å². The van der Waals surface area contributed by atoms with Crippen molar-refractivity contribution in [3.05, 3.63) is 11.9 Å². The van der Waals surface area contributed by atoms with Gasteiger partial charge in [0.15, 0.2) is 0 Å². The fourth-order valence-corrected chi connectivity index (χ4v) is 2.36. The minimum Gasteiger partial charge on any atom is -0.481 e. The van der Waals surface area contributed by atoms with E-state index < -0.39 is 5.97 Å². The van der Waals surface area contributed by atoms with Gasteiger partial charge in [-0.2, -0.15) is 0 Å². The van der Waals surface area contributed by atoms with Gasteiger partial charge in [0.2, 0.25) is 0 Å². The van der Waals surface area contributed by atoms with Gasteiger partial charge < -0.3 is 5.11 Å². The van der Waals surface area contributed by atoms with Crippen molar-refractivity contribution in [3.8, 4) is 0 Å². The first-order valence-corrected chi connectivity index (χ1v) is 5.25. The number of hydrogen-bond donors (Lipinski definition) is 1. The van der Waals surface area contributed by atoms with E-state index in [2.05, 4.69) is 10.3 Å². The maximum Gasteiger partial charge on any atom is 0.306 e. The number of aliphatic carboxylic acids is 1. The van der Waals surface area contributed by atoms with Crippen LogP contribution in [0.5, 0.6) is 0 Å². The summed E-state index contributed by atoms with van der Waals surface area (Å²) < 4.78 is 1.65. The van der Waals surface area contributed by atoms with Crippen LogP contribution in [0.15, 0.2) is 6.20 Å². The number of rotatable bonds is 3. The van der Waals surface area contributed by atoms with Crippen LogP contribution in [0.4, 0.5) is 0 Å². The van der Waals surface area contributed by atoms with Gasteiger partial charge >= 0.3 is 5.97 Å². The van der Waals surface area contributed by atoms with Crippen molar-refractivity contribution in [2.45, 2.75) is 25.7 Å². The quantitative estimate of drug-likeness (QED) is 0.801. The molecule has 5 heteroatoms. The van der Waals surface area contributed by atoms with Gasteiger partial charge in [0.25, 0.3) is 0 Å². The Hall–Kier alpha value is -1.39. The molecule has 82 valence electrons. The second-order valence-electron chi connectivity index (χ2n) is 4.22. The molecule has 0 saturated heterocycles. The largest absolute Gasteiger partial charge is 0.481 e. The highest BCUT2D eigenvalue weighted by molar-refractivity contribution is 5.70. The molecule has 1 aliphatic rings. The van der Waals surface area contributed by atoms with Crippen molar-refractivity contribution in [1.82, 2.24) is 15.0 Å². The van der Waals surface area contributed by atoms with Crippen LogP contribution in [0, 0.1) is 11.8 Å². The van der Waals surface area contributed by atoms with E-state index in [9.17, 15) is 4.79 Å². The molecule has 1 aromatic rings.